The van der Waals surface area contributed by atoms with Gasteiger partial charge < -0.3 is 14.7 Å². The zero-order valence-corrected chi connectivity index (χ0v) is 26.9. The molecule has 234 valence electrons. The van der Waals surface area contributed by atoms with Gasteiger partial charge in [-0.1, -0.05) is 18.9 Å². The van der Waals surface area contributed by atoms with Crippen LogP contribution in [0.1, 0.15) is 69.8 Å². The molecule has 1 N–H and O–H groups in total. The summed E-state index contributed by atoms with van der Waals surface area (Å²) in [5, 5.41) is 0.674. The quantitative estimate of drug-likeness (QED) is 0.383. The number of nitrogens with zero attached hydrogens (tertiary/aromatic N) is 5. The molecule has 5 aliphatic rings. The summed E-state index contributed by atoms with van der Waals surface area (Å²) in [4.78, 5) is 29.6. The number of hydrogen-bond donors (Lipinski definition) is 1. The van der Waals surface area contributed by atoms with Gasteiger partial charge in [0.2, 0.25) is 15.9 Å². The number of nitrogens with one attached hydrogen (secondary N) is 1. The van der Waals surface area contributed by atoms with E-state index < -0.39 is 15.4 Å². The first-order valence-electron chi connectivity index (χ1n) is 16.1. The number of likely N-dealkylation sites (tertiary alicyclic amines) is 1. The summed E-state index contributed by atoms with van der Waals surface area (Å²) >= 11 is 0. The molecular formula is C33H41ClN6O3S. The van der Waals surface area contributed by atoms with Gasteiger partial charge in [-0.15, -0.1) is 12.4 Å². The lowest BCUT2D eigenvalue weighted by molar-refractivity contribution is -0.125. The Labute approximate surface area is 265 Å². The van der Waals surface area contributed by atoms with Crippen molar-refractivity contribution in [3.8, 4) is 11.1 Å². The molecule has 2 saturated heterocycles. The number of benzene rings is 1. The minimum atomic E-state index is -3.47. The summed E-state index contributed by atoms with van der Waals surface area (Å²) in [6, 6.07) is 8.70. The monoisotopic (exact) mass is 636 g/mol. The first-order chi connectivity index (χ1) is 20.8. The van der Waals surface area contributed by atoms with Crippen LogP contribution >= 0.6 is 12.4 Å². The van der Waals surface area contributed by atoms with Crippen molar-refractivity contribution in [1.82, 2.24) is 14.9 Å². The Morgan fingerprint density at radius 2 is 1.64 bits per heavy atom. The van der Waals surface area contributed by atoms with Crippen molar-refractivity contribution in [1.29, 1.82) is 0 Å². The Balaban J connectivity index is 0.00000312. The number of piperidine rings is 2. The lowest BCUT2D eigenvalue weighted by Gasteiger charge is -2.41. The van der Waals surface area contributed by atoms with E-state index in [2.05, 4.69) is 20.6 Å². The smallest absolute Gasteiger partial charge is 0.237 e. The number of halogens is 1. The number of amides is 1. The van der Waals surface area contributed by atoms with Crippen molar-refractivity contribution < 1.29 is 13.2 Å². The predicted molar refractivity (Wildman–Crippen MR) is 177 cm³/mol. The summed E-state index contributed by atoms with van der Waals surface area (Å²) in [5.41, 5.74) is 4.75. The Hall–Kier alpha value is -2.95. The second-order valence-electron chi connectivity index (χ2n) is 13.3. The van der Waals surface area contributed by atoms with Crippen LogP contribution in [0.2, 0.25) is 0 Å². The van der Waals surface area contributed by atoms with E-state index in [4.69, 9.17) is 9.97 Å². The van der Waals surface area contributed by atoms with Crippen molar-refractivity contribution in [3.05, 3.63) is 42.2 Å². The topological polar surface area (TPSA) is 98.7 Å². The molecule has 1 aromatic carbocycles. The number of hydrogen-bond acceptors (Lipinski definition) is 7. The Bertz CT molecular complexity index is 1710. The van der Waals surface area contributed by atoms with Gasteiger partial charge in [-0.3, -0.25) is 14.5 Å². The molecule has 1 spiro atoms. The van der Waals surface area contributed by atoms with Gasteiger partial charge in [-0.2, -0.15) is 0 Å². The number of pyridine rings is 2. The van der Waals surface area contributed by atoms with E-state index in [9.17, 15) is 13.2 Å². The van der Waals surface area contributed by atoms with Crippen LogP contribution in [-0.2, 0) is 20.2 Å². The third-order valence-electron chi connectivity index (χ3n) is 10.7. The van der Waals surface area contributed by atoms with Crippen LogP contribution < -0.4 is 14.5 Å². The molecule has 0 bridgehead atoms. The number of likely N-dealkylation sites (N-methyl/N-ethyl adjacent to an activating group) is 1. The van der Waals surface area contributed by atoms with Crippen molar-refractivity contribution >= 4 is 56.4 Å². The van der Waals surface area contributed by atoms with Gasteiger partial charge >= 0.3 is 0 Å². The van der Waals surface area contributed by atoms with Gasteiger partial charge in [0.1, 0.15) is 0 Å². The number of carbonyl (C=O) groups excluding carboxylic acids is 1. The maximum absolute atomic E-state index is 13.3. The number of fused-ring (bicyclic) bond motifs is 4. The molecule has 3 aliphatic heterocycles. The molecule has 9 nitrogen and oxygen atoms in total. The summed E-state index contributed by atoms with van der Waals surface area (Å²) in [6.45, 7) is 4.12. The van der Waals surface area contributed by atoms with E-state index in [1.807, 2.05) is 37.6 Å². The van der Waals surface area contributed by atoms with E-state index in [0.717, 1.165) is 78.5 Å². The van der Waals surface area contributed by atoms with E-state index in [0.29, 0.717) is 30.4 Å². The van der Waals surface area contributed by atoms with Gasteiger partial charge in [0.25, 0.3) is 0 Å². The summed E-state index contributed by atoms with van der Waals surface area (Å²) in [5.74, 6) is 0.884. The summed E-state index contributed by atoms with van der Waals surface area (Å²) in [7, 11) is -1.62. The molecule has 0 radical (unpaired) electrons. The summed E-state index contributed by atoms with van der Waals surface area (Å²) in [6.07, 6.45) is 13.9. The molecule has 4 fully saturated rings. The third-order valence-corrected chi connectivity index (χ3v) is 12.5. The number of anilines is 3. The van der Waals surface area contributed by atoms with E-state index in [1.54, 1.807) is 4.90 Å². The van der Waals surface area contributed by atoms with Crippen molar-refractivity contribution in [2.75, 3.05) is 47.7 Å². The summed E-state index contributed by atoms with van der Waals surface area (Å²) < 4.78 is 29.3. The fraction of sp³-hybridized carbons (Fsp3) is 0.545. The maximum atomic E-state index is 13.3. The number of rotatable bonds is 6. The van der Waals surface area contributed by atoms with Crippen LogP contribution in [0.4, 0.5) is 17.2 Å². The maximum Gasteiger partial charge on any atom is 0.237 e. The minimum Gasteiger partial charge on any atom is -0.355 e. The molecule has 5 heterocycles. The first kappa shape index (κ1) is 29.7. The van der Waals surface area contributed by atoms with Crippen molar-refractivity contribution in [3.63, 3.8) is 0 Å². The number of sulfonamides is 1. The fourth-order valence-corrected chi connectivity index (χ4v) is 9.31. The highest BCUT2D eigenvalue weighted by molar-refractivity contribution is 7.93. The lowest BCUT2D eigenvalue weighted by Crippen LogP contribution is -2.47. The molecule has 11 heteroatoms. The second-order valence-corrected chi connectivity index (χ2v) is 15.3. The largest absolute Gasteiger partial charge is 0.355 e. The van der Waals surface area contributed by atoms with Crippen molar-refractivity contribution in [2.24, 2.45) is 0 Å². The Morgan fingerprint density at radius 3 is 2.32 bits per heavy atom. The average molecular weight is 637 g/mol. The van der Waals surface area contributed by atoms with Crippen LogP contribution in [0, 0.1) is 0 Å². The Morgan fingerprint density at radius 1 is 0.886 bits per heavy atom. The van der Waals surface area contributed by atoms with Gasteiger partial charge in [-0.05, 0) is 88.2 Å². The molecule has 8 rings (SSSR count). The van der Waals surface area contributed by atoms with E-state index >= 15 is 0 Å². The molecule has 0 unspecified atom stereocenters. The van der Waals surface area contributed by atoms with Crippen LogP contribution in [-0.4, -0.2) is 73.7 Å². The van der Waals surface area contributed by atoms with E-state index in [-0.39, 0.29) is 23.6 Å². The highest BCUT2D eigenvalue weighted by atomic mass is 35.5. The third kappa shape index (κ3) is 4.84. The molecule has 44 heavy (non-hydrogen) atoms. The molecule has 0 atom stereocenters. The highest BCUT2D eigenvalue weighted by Crippen LogP contribution is 2.55. The van der Waals surface area contributed by atoms with Crippen LogP contribution in [0.25, 0.3) is 22.0 Å². The van der Waals surface area contributed by atoms with Gasteiger partial charge in [0.05, 0.1) is 33.8 Å². The van der Waals surface area contributed by atoms with Crippen molar-refractivity contribution in [2.45, 2.75) is 80.9 Å². The molecule has 3 aromatic rings. The molecule has 2 aromatic heterocycles. The van der Waals surface area contributed by atoms with Gasteiger partial charge in [-0.25, -0.2) is 13.4 Å². The second kappa shape index (κ2) is 11.1. The lowest BCUT2D eigenvalue weighted by atomic mass is 9.64. The zero-order valence-electron chi connectivity index (χ0n) is 25.3. The van der Waals surface area contributed by atoms with Gasteiger partial charge in [0.15, 0.2) is 5.82 Å². The SMILES string of the molecule is CN1C(=O)C2(CCC2)c2c1cnc1ccc(-c3cnc(N4CCC(N5CCCCC5)CC4)c(NS(=O)(=O)C4CC4)c3)cc21.Cl. The number of aromatic nitrogens is 2. The zero-order chi connectivity index (χ0) is 29.3. The average Bonchev–Trinajstić information content (AvgIpc) is 3.84. The Kier molecular flexibility index (Phi) is 7.53. The fourth-order valence-electron chi connectivity index (χ4n) is 7.93. The highest BCUT2D eigenvalue weighted by Gasteiger charge is 2.54. The minimum absolute atomic E-state index is 0. The molecule has 2 saturated carbocycles. The standard InChI is InChI=1S/C33H40N6O3S.ClH/c1-37-29-21-34-27-9-6-22(18-26(27)30(29)33(32(37)40)12-5-13-33)23-19-28(36-43(41,42)25-7-8-25)31(35-20-23)39-16-10-24(11-17-39)38-14-3-2-4-15-38;/h6,9,18-21,24-25,36H,2-5,7-8,10-17H2,1H3;1H. The molecule has 2 aliphatic carbocycles. The number of carbonyl (C=O) groups is 1. The normalized spacial score (nSPS) is 22.2. The first-order valence-corrected chi connectivity index (χ1v) is 17.6. The van der Waals surface area contributed by atoms with E-state index in [1.165, 1.54) is 32.4 Å². The van der Waals surface area contributed by atoms with Crippen LogP contribution in [0.3, 0.4) is 0 Å². The van der Waals surface area contributed by atoms with Gasteiger partial charge in [0, 0.05) is 48.9 Å². The van der Waals surface area contributed by atoms with Crippen LogP contribution in [0.15, 0.2) is 36.7 Å². The van der Waals surface area contributed by atoms with Crippen LogP contribution in [0.5, 0.6) is 0 Å². The molecular weight excluding hydrogens is 596 g/mol. The molecule has 1 amide bonds. The predicted octanol–water partition coefficient (Wildman–Crippen LogP) is 5.48.